The van der Waals surface area contributed by atoms with E-state index < -0.39 is 5.97 Å². The molecule has 2 aromatic rings. The number of H-pyrrole nitrogens is 1. The fourth-order valence-electron chi connectivity index (χ4n) is 2.15. The summed E-state index contributed by atoms with van der Waals surface area (Å²) in [6.07, 6.45) is 1.49. The van der Waals surface area contributed by atoms with Crippen molar-refractivity contribution in [2.24, 2.45) is 0 Å². The maximum atomic E-state index is 12.5. The monoisotopic (exact) mass is 257 g/mol. The molecule has 1 aromatic carbocycles. The molecule has 0 spiro atoms. The molecule has 0 amide bonds. The fourth-order valence-corrected chi connectivity index (χ4v) is 2.15. The Morgan fingerprint density at radius 2 is 1.84 bits per heavy atom. The van der Waals surface area contributed by atoms with Gasteiger partial charge in [-0.05, 0) is 25.0 Å². The Hall–Kier alpha value is -2.36. The van der Waals surface area contributed by atoms with Crippen LogP contribution in [-0.4, -0.2) is 21.8 Å². The lowest BCUT2D eigenvalue weighted by molar-refractivity contribution is -0.136. The summed E-state index contributed by atoms with van der Waals surface area (Å²) in [5.41, 5.74) is 3.19. The molecular formula is C15H15NO3. The van der Waals surface area contributed by atoms with Crippen molar-refractivity contribution in [1.82, 2.24) is 4.98 Å². The molecule has 98 valence electrons. The van der Waals surface area contributed by atoms with E-state index in [9.17, 15) is 9.59 Å². The van der Waals surface area contributed by atoms with E-state index in [-0.39, 0.29) is 12.2 Å². The van der Waals surface area contributed by atoms with Crippen molar-refractivity contribution < 1.29 is 14.7 Å². The van der Waals surface area contributed by atoms with Crippen LogP contribution in [0.4, 0.5) is 0 Å². The number of benzene rings is 1. The number of ketones is 1. The standard InChI is InChI=1S/C15H15NO3/c1-9-5-3-4-6-11(9)15(19)14-10(2)8-16-12(14)7-13(17)18/h3-6,8,16H,7H2,1-2H3,(H,17,18). The number of carbonyl (C=O) groups is 2. The number of carboxylic acids is 1. The van der Waals surface area contributed by atoms with E-state index in [2.05, 4.69) is 4.98 Å². The van der Waals surface area contributed by atoms with Crippen LogP contribution in [0.15, 0.2) is 30.5 Å². The SMILES string of the molecule is Cc1ccccc1C(=O)c1c(C)c[nH]c1CC(=O)O. The maximum Gasteiger partial charge on any atom is 0.309 e. The van der Waals surface area contributed by atoms with Crippen LogP contribution in [0.2, 0.25) is 0 Å². The minimum absolute atomic E-state index is 0.131. The minimum atomic E-state index is -0.958. The normalized spacial score (nSPS) is 10.4. The van der Waals surface area contributed by atoms with Crippen molar-refractivity contribution in [2.45, 2.75) is 20.3 Å². The molecule has 2 N–H and O–H groups in total. The summed E-state index contributed by atoms with van der Waals surface area (Å²) in [6, 6.07) is 7.30. The number of hydrogen-bond acceptors (Lipinski definition) is 2. The molecule has 0 atom stereocenters. The van der Waals surface area contributed by atoms with Crippen LogP contribution in [0.5, 0.6) is 0 Å². The van der Waals surface area contributed by atoms with Gasteiger partial charge in [-0.25, -0.2) is 0 Å². The second-order valence-corrected chi connectivity index (χ2v) is 4.54. The Labute approximate surface area is 111 Å². The summed E-state index contributed by atoms with van der Waals surface area (Å²) < 4.78 is 0. The second-order valence-electron chi connectivity index (χ2n) is 4.54. The van der Waals surface area contributed by atoms with E-state index in [1.165, 1.54) is 0 Å². The van der Waals surface area contributed by atoms with Crippen LogP contribution in [0.25, 0.3) is 0 Å². The molecule has 0 unspecified atom stereocenters. The van der Waals surface area contributed by atoms with Crippen molar-refractivity contribution in [3.8, 4) is 0 Å². The summed E-state index contributed by atoms with van der Waals surface area (Å²) in [6.45, 7) is 3.67. The summed E-state index contributed by atoms with van der Waals surface area (Å²) >= 11 is 0. The number of rotatable bonds is 4. The van der Waals surface area contributed by atoms with Gasteiger partial charge in [0.1, 0.15) is 0 Å². The molecular weight excluding hydrogens is 242 g/mol. The lowest BCUT2D eigenvalue weighted by Gasteiger charge is -2.06. The van der Waals surface area contributed by atoms with E-state index in [0.717, 1.165) is 11.1 Å². The Morgan fingerprint density at radius 3 is 2.47 bits per heavy atom. The third kappa shape index (κ3) is 2.57. The van der Waals surface area contributed by atoms with Gasteiger partial charge in [0.2, 0.25) is 0 Å². The first-order chi connectivity index (χ1) is 9.00. The van der Waals surface area contributed by atoms with Crippen LogP contribution in [0.1, 0.15) is 32.7 Å². The van der Waals surface area contributed by atoms with Crippen LogP contribution >= 0.6 is 0 Å². The summed E-state index contributed by atoms with van der Waals surface area (Å²) in [4.78, 5) is 26.2. The van der Waals surface area contributed by atoms with Gasteiger partial charge in [0.25, 0.3) is 0 Å². The first kappa shape index (κ1) is 13.1. The quantitative estimate of drug-likeness (QED) is 0.827. The van der Waals surface area contributed by atoms with Gasteiger partial charge in [-0.1, -0.05) is 24.3 Å². The molecule has 0 bridgehead atoms. The van der Waals surface area contributed by atoms with Crippen molar-refractivity contribution in [3.63, 3.8) is 0 Å². The van der Waals surface area contributed by atoms with Crippen LogP contribution < -0.4 is 0 Å². The summed E-state index contributed by atoms with van der Waals surface area (Å²) in [7, 11) is 0. The van der Waals surface area contributed by atoms with Gasteiger partial charge >= 0.3 is 5.97 Å². The highest BCUT2D eigenvalue weighted by atomic mass is 16.4. The average Bonchev–Trinajstić information content (AvgIpc) is 2.69. The number of carbonyl (C=O) groups excluding carboxylic acids is 1. The first-order valence-corrected chi connectivity index (χ1v) is 5.99. The molecule has 0 fully saturated rings. The lowest BCUT2D eigenvalue weighted by atomic mass is 9.96. The second kappa shape index (κ2) is 5.10. The predicted molar refractivity (Wildman–Crippen MR) is 71.5 cm³/mol. The Bertz CT molecular complexity index is 641. The van der Waals surface area contributed by atoms with Gasteiger partial charge in [-0.2, -0.15) is 0 Å². The number of nitrogens with one attached hydrogen (secondary N) is 1. The molecule has 4 heteroatoms. The highest BCUT2D eigenvalue weighted by Crippen LogP contribution is 2.20. The Balaban J connectivity index is 2.47. The van der Waals surface area contributed by atoms with Gasteiger partial charge in [0.15, 0.2) is 5.78 Å². The number of aliphatic carboxylic acids is 1. The molecule has 19 heavy (non-hydrogen) atoms. The van der Waals surface area contributed by atoms with Gasteiger partial charge < -0.3 is 10.1 Å². The molecule has 1 heterocycles. The number of aromatic nitrogens is 1. The minimum Gasteiger partial charge on any atom is -0.481 e. The molecule has 0 aliphatic carbocycles. The van der Waals surface area contributed by atoms with E-state index in [1.807, 2.05) is 19.1 Å². The predicted octanol–water partition coefficient (Wildman–Crippen LogP) is 2.49. The number of aryl methyl sites for hydroxylation is 2. The number of carboxylic acid groups (broad SMARTS) is 1. The molecule has 4 nitrogen and oxygen atoms in total. The highest BCUT2D eigenvalue weighted by Gasteiger charge is 2.20. The van der Waals surface area contributed by atoms with Crippen LogP contribution in [0, 0.1) is 13.8 Å². The molecule has 1 aromatic heterocycles. The third-order valence-corrected chi connectivity index (χ3v) is 3.10. The third-order valence-electron chi connectivity index (χ3n) is 3.10. The van der Waals surface area contributed by atoms with Crippen molar-refractivity contribution in [2.75, 3.05) is 0 Å². The zero-order chi connectivity index (χ0) is 14.0. The van der Waals surface area contributed by atoms with Crippen LogP contribution in [0.3, 0.4) is 0 Å². The Kier molecular flexibility index (Phi) is 3.51. The van der Waals surface area contributed by atoms with Gasteiger partial charge in [-0.15, -0.1) is 0 Å². The topological polar surface area (TPSA) is 70.2 Å². The molecule has 0 radical (unpaired) electrons. The maximum absolute atomic E-state index is 12.5. The first-order valence-electron chi connectivity index (χ1n) is 5.99. The van der Waals surface area contributed by atoms with Crippen molar-refractivity contribution in [3.05, 3.63) is 58.4 Å². The van der Waals surface area contributed by atoms with Crippen LogP contribution in [-0.2, 0) is 11.2 Å². The van der Waals surface area contributed by atoms with E-state index in [0.29, 0.717) is 16.8 Å². The zero-order valence-electron chi connectivity index (χ0n) is 10.9. The van der Waals surface area contributed by atoms with E-state index in [1.54, 1.807) is 25.3 Å². The lowest BCUT2D eigenvalue weighted by Crippen LogP contribution is -2.10. The Morgan fingerprint density at radius 1 is 1.16 bits per heavy atom. The zero-order valence-corrected chi connectivity index (χ0v) is 10.9. The number of hydrogen-bond donors (Lipinski definition) is 2. The summed E-state index contributed by atoms with van der Waals surface area (Å²) in [5.74, 6) is -1.09. The van der Waals surface area contributed by atoms with Gasteiger partial charge in [0, 0.05) is 23.0 Å². The summed E-state index contributed by atoms with van der Waals surface area (Å²) in [5, 5.41) is 8.88. The van der Waals surface area contributed by atoms with Crippen molar-refractivity contribution in [1.29, 1.82) is 0 Å². The van der Waals surface area contributed by atoms with Gasteiger partial charge in [-0.3, -0.25) is 9.59 Å². The smallest absolute Gasteiger partial charge is 0.309 e. The molecule has 0 saturated carbocycles. The molecule has 0 aliphatic rings. The fraction of sp³-hybridized carbons (Fsp3) is 0.200. The van der Waals surface area contributed by atoms with E-state index in [4.69, 9.17) is 5.11 Å². The molecule has 0 saturated heterocycles. The molecule has 2 rings (SSSR count). The number of aromatic amines is 1. The van der Waals surface area contributed by atoms with E-state index >= 15 is 0 Å². The highest BCUT2D eigenvalue weighted by molar-refractivity contribution is 6.11. The largest absolute Gasteiger partial charge is 0.481 e. The van der Waals surface area contributed by atoms with Gasteiger partial charge in [0.05, 0.1) is 6.42 Å². The molecule has 0 aliphatic heterocycles. The van der Waals surface area contributed by atoms with Crippen molar-refractivity contribution >= 4 is 11.8 Å². The average molecular weight is 257 g/mol.